The van der Waals surface area contributed by atoms with E-state index in [1.807, 2.05) is 0 Å². The van der Waals surface area contributed by atoms with Gasteiger partial charge in [0.25, 0.3) is 5.91 Å². The van der Waals surface area contributed by atoms with Crippen LogP contribution in [0, 0.1) is 0 Å². The van der Waals surface area contributed by atoms with Crippen molar-refractivity contribution in [3.63, 3.8) is 0 Å². The first kappa shape index (κ1) is 20.2. The summed E-state index contributed by atoms with van der Waals surface area (Å²) in [5, 5.41) is 2.56. The van der Waals surface area contributed by atoms with Crippen LogP contribution in [-0.2, 0) is 19.4 Å². The Kier molecular flexibility index (Phi) is 6.40. The summed E-state index contributed by atoms with van der Waals surface area (Å²) in [7, 11) is -0.497. The maximum absolute atomic E-state index is 12.0. The summed E-state index contributed by atoms with van der Waals surface area (Å²) >= 11 is 0. The number of carbonyl (C=O) groups is 2. The highest BCUT2D eigenvalue weighted by molar-refractivity contribution is 7.90. The van der Waals surface area contributed by atoms with E-state index in [0.717, 1.165) is 6.26 Å². The highest BCUT2D eigenvalue weighted by Crippen LogP contribution is 2.25. The molecule has 0 spiro atoms. The fourth-order valence-electron chi connectivity index (χ4n) is 2.14. The van der Waals surface area contributed by atoms with E-state index in [4.69, 9.17) is 14.2 Å². The highest BCUT2D eigenvalue weighted by Gasteiger charge is 2.14. The maximum Gasteiger partial charge on any atom is 0.338 e. The molecule has 1 N–H and O–H groups in total. The molecule has 8 nitrogen and oxygen atoms in total. The molecule has 9 heteroatoms. The fraction of sp³-hybridized carbons (Fsp3) is 0.222. The van der Waals surface area contributed by atoms with Crippen LogP contribution in [0.5, 0.6) is 11.5 Å². The minimum atomic E-state index is -3.45. The van der Waals surface area contributed by atoms with Crippen LogP contribution in [0.2, 0.25) is 0 Å². The number of amides is 1. The summed E-state index contributed by atoms with van der Waals surface area (Å²) < 4.78 is 38.2. The second-order valence-corrected chi connectivity index (χ2v) is 7.54. The van der Waals surface area contributed by atoms with Gasteiger partial charge in [0.05, 0.1) is 24.7 Å². The smallest absolute Gasteiger partial charge is 0.338 e. The second kappa shape index (κ2) is 8.54. The average molecular weight is 393 g/mol. The zero-order valence-electron chi connectivity index (χ0n) is 15.0. The van der Waals surface area contributed by atoms with Crippen molar-refractivity contribution < 1.29 is 32.2 Å². The monoisotopic (exact) mass is 393 g/mol. The summed E-state index contributed by atoms with van der Waals surface area (Å²) in [6, 6.07) is 10.2. The number of ether oxygens (including phenoxy) is 3. The molecule has 0 saturated carbocycles. The Hall–Kier alpha value is -3.07. The number of sulfone groups is 1. The molecule has 27 heavy (non-hydrogen) atoms. The molecular weight excluding hydrogens is 374 g/mol. The molecule has 0 unspecified atom stereocenters. The molecule has 1 amide bonds. The van der Waals surface area contributed by atoms with Crippen molar-refractivity contribution in [3.05, 3.63) is 48.0 Å². The van der Waals surface area contributed by atoms with E-state index in [1.54, 1.807) is 18.2 Å². The number of benzene rings is 2. The largest absolute Gasteiger partial charge is 0.497 e. The Morgan fingerprint density at radius 2 is 1.63 bits per heavy atom. The van der Waals surface area contributed by atoms with Crippen molar-refractivity contribution in [2.75, 3.05) is 32.4 Å². The summed E-state index contributed by atoms with van der Waals surface area (Å²) in [6.45, 7) is -0.540. The van der Waals surface area contributed by atoms with Gasteiger partial charge in [0.15, 0.2) is 16.4 Å². The Bertz CT molecular complexity index is 932. The van der Waals surface area contributed by atoms with E-state index < -0.39 is 28.3 Å². The molecule has 0 radical (unpaired) electrons. The van der Waals surface area contributed by atoms with Gasteiger partial charge in [-0.2, -0.15) is 0 Å². The van der Waals surface area contributed by atoms with Crippen LogP contribution in [0.25, 0.3) is 0 Å². The summed E-state index contributed by atoms with van der Waals surface area (Å²) in [5.41, 5.74) is 0.445. The number of carbonyl (C=O) groups excluding carboxylic acids is 2. The first-order chi connectivity index (χ1) is 12.7. The van der Waals surface area contributed by atoms with Crippen molar-refractivity contribution in [1.82, 2.24) is 0 Å². The van der Waals surface area contributed by atoms with Crippen LogP contribution < -0.4 is 14.8 Å². The molecule has 0 aliphatic rings. The standard InChI is InChI=1S/C18H19NO7S/c1-24-14-8-13(9-15(10-14)25-2)19-17(20)11-26-18(21)12-5-4-6-16(7-12)27(3,22)23/h4-10H,11H2,1-3H3,(H,19,20). The van der Waals surface area contributed by atoms with Gasteiger partial charge in [-0.1, -0.05) is 6.07 Å². The van der Waals surface area contributed by atoms with Crippen molar-refractivity contribution >= 4 is 27.4 Å². The number of methoxy groups -OCH3 is 2. The van der Waals surface area contributed by atoms with Crippen LogP contribution in [-0.4, -0.2) is 47.4 Å². The van der Waals surface area contributed by atoms with Crippen LogP contribution in [0.3, 0.4) is 0 Å². The SMILES string of the molecule is COc1cc(NC(=O)COC(=O)c2cccc(S(C)(=O)=O)c2)cc(OC)c1. The van der Waals surface area contributed by atoms with Crippen LogP contribution in [0.15, 0.2) is 47.4 Å². The van der Waals surface area contributed by atoms with Gasteiger partial charge in [-0.05, 0) is 18.2 Å². The third-order valence-corrected chi connectivity index (χ3v) is 4.58. The summed E-state index contributed by atoms with van der Waals surface area (Å²) in [6.07, 6.45) is 1.04. The topological polar surface area (TPSA) is 108 Å². The lowest BCUT2D eigenvalue weighted by Gasteiger charge is -2.10. The van der Waals surface area contributed by atoms with Crippen LogP contribution in [0.4, 0.5) is 5.69 Å². The summed E-state index contributed by atoms with van der Waals surface area (Å²) in [5.74, 6) is -0.407. The molecule has 0 aliphatic carbocycles. The Labute approximate surface area is 157 Å². The van der Waals surface area contributed by atoms with Crippen molar-refractivity contribution in [3.8, 4) is 11.5 Å². The quantitative estimate of drug-likeness (QED) is 0.716. The zero-order chi connectivity index (χ0) is 20.0. The number of hydrogen-bond acceptors (Lipinski definition) is 7. The van der Waals surface area contributed by atoms with E-state index >= 15 is 0 Å². The number of esters is 1. The van der Waals surface area contributed by atoms with Gasteiger partial charge in [0, 0.05) is 30.1 Å². The van der Waals surface area contributed by atoms with Gasteiger partial charge in [0.1, 0.15) is 11.5 Å². The molecular formula is C18H19NO7S. The normalized spacial score (nSPS) is 10.8. The molecule has 2 rings (SSSR count). The third kappa shape index (κ3) is 5.71. The molecule has 2 aromatic carbocycles. The summed E-state index contributed by atoms with van der Waals surface area (Å²) in [4.78, 5) is 24.0. The second-order valence-electron chi connectivity index (χ2n) is 5.53. The minimum absolute atomic E-state index is 0.00937. The van der Waals surface area contributed by atoms with Gasteiger partial charge in [-0.3, -0.25) is 4.79 Å². The number of anilines is 1. The van der Waals surface area contributed by atoms with Gasteiger partial charge in [-0.25, -0.2) is 13.2 Å². The van der Waals surface area contributed by atoms with E-state index in [2.05, 4.69) is 5.32 Å². The average Bonchev–Trinajstić information content (AvgIpc) is 2.65. The number of hydrogen-bond donors (Lipinski definition) is 1. The van der Waals surface area contributed by atoms with Crippen molar-refractivity contribution in [2.24, 2.45) is 0 Å². The molecule has 2 aromatic rings. The Balaban J connectivity index is 2.01. The first-order valence-corrected chi connectivity index (χ1v) is 9.62. The predicted molar refractivity (Wildman–Crippen MR) is 98.0 cm³/mol. The predicted octanol–water partition coefficient (Wildman–Crippen LogP) is 1.90. The molecule has 0 aliphatic heterocycles. The maximum atomic E-state index is 12.0. The third-order valence-electron chi connectivity index (χ3n) is 3.47. The molecule has 0 atom stereocenters. The molecule has 0 aromatic heterocycles. The lowest BCUT2D eigenvalue weighted by atomic mass is 10.2. The van der Waals surface area contributed by atoms with Crippen LogP contribution in [0.1, 0.15) is 10.4 Å². The lowest BCUT2D eigenvalue weighted by molar-refractivity contribution is -0.119. The molecule has 0 heterocycles. The Morgan fingerprint density at radius 1 is 1.00 bits per heavy atom. The number of nitrogens with one attached hydrogen (secondary N) is 1. The van der Waals surface area contributed by atoms with E-state index in [9.17, 15) is 18.0 Å². The van der Waals surface area contributed by atoms with Crippen molar-refractivity contribution in [2.45, 2.75) is 4.90 Å². The highest BCUT2D eigenvalue weighted by atomic mass is 32.2. The first-order valence-electron chi connectivity index (χ1n) is 7.73. The molecule has 144 valence electrons. The van der Waals surface area contributed by atoms with Gasteiger partial charge in [-0.15, -0.1) is 0 Å². The fourth-order valence-corrected chi connectivity index (χ4v) is 2.81. The molecule has 0 fully saturated rings. The van der Waals surface area contributed by atoms with E-state index in [1.165, 1.54) is 38.5 Å². The Morgan fingerprint density at radius 3 is 2.19 bits per heavy atom. The van der Waals surface area contributed by atoms with E-state index in [-0.39, 0.29) is 10.5 Å². The van der Waals surface area contributed by atoms with Gasteiger partial charge in [0.2, 0.25) is 0 Å². The zero-order valence-corrected chi connectivity index (χ0v) is 15.8. The minimum Gasteiger partial charge on any atom is -0.497 e. The lowest BCUT2D eigenvalue weighted by Crippen LogP contribution is -2.21. The van der Waals surface area contributed by atoms with Gasteiger partial charge >= 0.3 is 5.97 Å². The van der Waals surface area contributed by atoms with Gasteiger partial charge < -0.3 is 19.5 Å². The van der Waals surface area contributed by atoms with E-state index in [0.29, 0.717) is 17.2 Å². The molecule has 0 bridgehead atoms. The number of rotatable bonds is 7. The van der Waals surface area contributed by atoms with Crippen LogP contribution >= 0.6 is 0 Å². The molecule has 0 saturated heterocycles. The van der Waals surface area contributed by atoms with Crippen molar-refractivity contribution in [1.29, 1.82) is 0 Å².